The van der Waals surface area contributed by atoms with Crippen molar-refractivity contribution in [2.75, 3.05) is 44.6 Å². The van der Waals surface area contributed by atoms with Crippen LogP contribution in [0.3, 0.4) is 0 Å². The second kappa shape index (κ2) is 12.5. The van der Waals surface area contributed by atoms with Gasteiger partial charge in [-0.25, -0.2) is 0 Å². The number of benzene rings is 1. The van der Waals surface area contributed by atoms with E-state index in [-0.39, 0.29) is 18.0 Å². The summed E-state index contributed by atoms with van der Waals surface area (Å²) in [6, 6.07) is 10.3. The van der Waals surface area contributed by atoms with Crippen molar-refractivity contribution in [3.05, 3.63) is 40.4 Å². The van der Waals surface area contributed by atoms with Gasteiger partial charge in [-0.05, 0) is 62.9 Å². The van der Waals surface area contributed by atoms with Gasteiger partial charge in [-0.1, -0.05) is 36.7 Å². The zero-order valence-corrected chi connectivity index (χ0v) is 20.8. The van der Waals surface area contributed by atoms with Crippen LogP contribution in [0.15, 0.2) is 34.9 Å². The van der Waals surface area contributed by atoms with Gasteiger partial charge in [-0.3, -0.25) is 9.59 Å². The summed E-state index contributed by atoms with van der Waals surface area (Å²) >= 11 is 1.25. The quantitative estimate of drug-likeness (QED) is 0.322. The van der Waals surface area contributed by atoms with Crippen LogP contribution in [0.2, 0.25) is 0 Å². The lowest BCUT2D eigenvalue weighted by molar-refractivity contribution is -0.127. The molecule has 1 atom stereocenters. The molecule has 1 aromatic rings. The number of hydrogen-bond donors (Lipinski definition) is 2. The summed E-state index contributed by atoms with van der Waals surface area (Å²) in [5.41, 5.74) is 2.15. The minimum absolute atomic E-state index is 0.0280. The molecule has 2 aliphatic heterocycles. The Bertz CT molecular complexity index is 1000. The SMILES string of the molecule is C#CCNC(=O)/C(C#N)=C1\SC(CNc2cccc(CCN3CCC(C)CC3)c2)C(=O)N1CC. The number of nitrogens with zero attached hydrogens (tertiary/aromatic N) is 3. The fraction of sp³-hybridized carbons (Fsp3) is 0.500. The average molecular weight is 480 g/mol. The molecule has 0 radical (unpaired) electrons. The number of anilines is 1. The molecule has 0 bridgehead atoms. The predicted octanol–water partition coefficient (Wildman–Crippen LogP) is 2.82. The fourth-order valence-electron chi connectivity index (χ4n) is 4.18. The van der Waals surface area contributed by atoms with Gasteiger partial charge < -0.3 is 20.4 Å². The van der Waals surface area contributed by atoms with Crippen LogP contribution in [-0.2, 0) is 16.0 Å². The number of likely N-dealkylation sites (tertiary alicyclic amines) is 1. The molecule has 2 N–H and O–H groups in total. The Morgan fingerprint density at radius 1 is 1.32 bits per heavy atom. The third kappa shape index (κ3) is 6.56. The zero-order chi connectivity index (χ0) is 24.5. The lowest BCUT2D eigenvalue weighted by atomic mass is 9.99. The highest BCUT2D eigenvalue weighted by Gasteiger charge is 2.38. The maximum Gasteiger partial charge on any atom is 0.265 e. The van der Waals surface area contributed by atoms with E-state index in [0.717, 1.165) is 24.6 Å². The summed E-state index contributed by atoms with van der Waals surface area (Å²) in [7, 11) is 0. The Morgan fingerprint density at radius 3 is 2.76 bits per heavy atom. The Labute approximate surface area is 206 Å². The van der Waals surface area contributed by atoms with Crippen molar-refractivity contribution < 1.29 is 9.59 Å². The Morgan fingerprint density at radius 2 is 2.09 bits per heavy atom. The van der Waals surface area contributed by atoms with E-state index in [0.29, 0.717) is 18.1 Å². The Hall–Kier alpha value is -2.94. The summed E-state index contributed by atoms with van der Waals surface area (Å²) in [6.45, 7) is 8.39. The van der Waals surface area contributed by atoms with E-state index in [2.05, 4.69) is 40.5 Å². The smallest absolute Gasteiger partial charge is 0.265 e. The standard InChI is InChI=1S/C26H33N5O2S/c1-4-12-28-24(32)22(17-27)26-31(5-2)25(33)23(34-26)18-29-21-8-6-7-20(16-21)11-15-30-13-9-19(3)10-14-30/h1,6-8,16,19,23,29H,5,9-15,18H2,2-3H3,(H,28,32)/b26-22-. The molecular weight excluding hydrogens is 446 g/mol. The molecule has 2 amide bonds. The highest BCUT2D eigenvalue weighted by atomic mass is 32.2. The summed E-state index contributed by atoms with van der Waals surface area (Å²) in [5, 5.41) is 15.4. The van der Waals surface area contributed by atoms with Gasteiger partial charge in [0.05, 0.1) is 6.54 Å². The van der Waals surface area contributed by atoms with Gasteiger partial charge >= 0.3 is 0 Å². The largest absolute Gasteiger partial charge is 0.383 e. The Balaban J connectivity index is 1.60. The topological polar surface area (TPSA) is 88.5 Å². The van der Waals surface area contributed by atoms with Crippen molar-refractivity contribution in [3.63, 3.8) is 0 Å². The highest BCUT2D eigenvalue weighted by molar-refractivity contribution is 8.04. The number of nitriles is 1. The molecule has 1 unspecified atom stereocenters. The predicted molar refractivity (Wildman–Crippen MR) is 137 cm³/mol. The first-order valence-electron chi connectivity index (χ1n) is 11.9. The second-order valence-electron chi connectivity index (χ2n) is 8.72. The number of hydrogen-bond acceptors (Lipinski definition) is 6. The zero-order valence-electron chi connectivity index (χ0n) is 20.0. The first-order valence-corrected chi connectivity index (χ1v) is 12.7. The Kier molecular flexibility index (Phi) is 9.44. The monoisotopic (exact) mass is 479 g/mol. The van der Waals surface area contributed by atoms with Crippen molar-refractivity contribution in [1.29, 1.82) is 5.26 Å². The van der Waals surface area contributed by atoms with E-state index in [1.807, 2.05) is 25.1 Å². The number of terminal acetylenes is 1. The van der Waals surface area contributed by atoms with Crippen LogP contribution in [0.25, 0.3) is 0 Å². The van der Waals surface area contributed by atoms with Crippen LogP contribution < -0.4 is 10.6 Å². The second-order valence-corrected chi connectivity index (χ2v) is 9.91. The van der Waals surface area contributed by atoms with Crippen molar-refractivity contribution in [2.24, 2.45) is 5.92 Å². The van der Waals surface area contributed by atoms with Gasteiger partial charge in [-0.15, -0.1) is 6.42 Å². The highest BCUT2D eigenvalue weighted by Crippen LogP contribution is 2.37. The van der Waals surface area contributed by atoms with Crippen LogP contribution in [0.5, 0.6) is 0 Å². The molecule has 7 nitrogen and oxygen atoms in total. The molecular formula is C26H33N5O2S. The fourth-order valence-corrected chi connectivity index (χ4v) is 5.45. The molecule has 2 heterocycles. The summed E-state index contributed by atoms with van der Waals surface area (Å²) in [5.74, 6) is 2.49. The van der Waals surface area contributed by atoms with E-state index in [9.17, 15) is 14.9 Å². The van der Waals surface area contributed by atoms with Gasteiger partial charge in [0.1, 0.15) is 21.9 Å². The third-order valence-corrected chi connectivity index (χ3v) is 7.57. The molecule has 3 rings (SSSR count). The van der Waals surface area contributed by atoms with Crippen molar-refractivity contribution >= 4 is 29.3 Å². The van der Waals surface area contributed by atoms with E-state index in [1.165, 1.54) is 48.2 Å². The number of rotatable bonds is 9. The number of piperidine rings is 1. The number of carbonyl (C=O) groups is 2. The summed E-state index contributed by atoms with van der Waals surface area (Å²) < 4.78 is 0. The van der Waals surface area contributed by atoms with Gasteiger partial charge in [-0.2, -0.15) is 5.26 Å². The molecule has 180 valence electrons. The number of carbonyl (C=O) groups excluding carboxylic acids is 2. The van der Waals surface area contributed by atoms with Crippen molar-refractivity contribution in [1.82, 2.24) is 15.1 Å². The van der Waals surface area contributed by atoms with Crippen LogP contribution in [-0.4, -0.2) is 66.1 Å². The van der Waals surface area contributed by atoms with E-state index < -0.39 is 11.2 Å². The number of nitrogens with one attached hydrogen (secondary N) is 2. The minimum Gasteiger partial charge on any atom is -0.383 e. The van der Waals surface area contributed by atoms with Crippen LogP contribution in [0.1, 0.15) is 32.3 Å². The van der Waals surface area contributed by atoms with E-state index >= 15 is 0 Å². The van der Waals surface area contributed by atoms with Crippen molar-refractivity contribution in [2.45, 2.75) is 38.4 Å². The first kappa shape index (κ1) is 25.7. The maximum absolute atomic E-state index is 12.9. The van der Waals surface area contributed by atoms with Gasteiger partial charge in [0, 0.05) is 25.3 Å². The minimum atomic E-state index is -0.557. The molecule has 0 aliphatic carbocycles. The van der Waals surface area contributed by atoms with E-state index in [1.54, 1.807) is 0 Å². The van der Waals surface area contributed by atoms with Crippen molar-refractivity contribution in [3.8, 4) is 18.4 Å². The molecule has 2 aliphatic rings. The van der Waals surface area contributed by atoms with Crippen LogP contribution in [0, 0.1) is 29.6 Å². The maximum atomic E-state index is 12.9. The summed E-state index contributed by atoms with van der Waals surface area (Å²) in [4.78, 5) is 29.3. The third-order valence-electron chi connectivity index (χ3n) is 6.27. The molecule has 0 saturated carbocycles. The number of thioether (sulfide) groups is 1. The molecule has 0 spiro atoms. The van der Waals surface area contributed by atoms with Gasteiger partial charge in [0.15, 0.2) is 0 Å². The number of amides is 2. The average Bonchev–Trinajstić information content (AvgIpc) is 3.16. The molecule has 0 aromatic heterocycles. The molecule has 2 fully saturated rings. The van der Waals surface area contributed by atoms with Gasteiger partial charge in [0.2, 0.25) is 5.91 Å². The van der Waals surface area contributed by atoms with Crippen LogP contribution in [0.4, 0.5) is 5.69 Å². The lowest BCUT2D eigenvalue weighted by Crippen LogP contribution is -2.34. The normalized spacial score (nSPS) is 20.5. The molecule has 1 aromatic carbocycles. The first-order chi connectivity index (χ1) is 16.5. The van der Waals surface area contributed by atoms with E-state index in [4.69, 9.17) is 6.42 Å². The van der Waals surface area contributed by atoms with Crippen LogP contribution >= 0.6 is 11.8 Å². The molecule has 34 heavy (non-hydrogen) atoms. The summed E-state index contributed by atoms with van der Waals surface area (Å²) in [6.07, 6.45) is 8.74. The lowest BCUT2D eigenvalue weighted by Gasteiger charge is -2.30. The molecule has 2 saturated heterocycles. The van der Waals surface area contributed by atoms with Gasteiger partial charge in [0.25, 0.3) is 5.91 Å². The molecule has 8 heteroatoms.